The molecule has 2 aliphatic rings. The number of anilines is 1. The molecule has 2 fully saturated rings. The number of hydrogen-bond donors (Lipinski definition) is 1. The minimum Gasteiger partial charge on any atom is -0.371 e. The maximum absolute atomic E-state index is 12.2. The lowest BCUT2D eigenvalue weighted by Gasteiger charge is -2.33. The second kappa shape index (κ2) is 6.24. The van der Waals surface area contributed by atoms with Gasteiger partial charge in [-0.15, -0.1) is 5.01 Å². The molecule has 1 aliphatic heterocycles. The summed E-state index contributed by atoms with van der Waals surface area (Å²) in [5.41, 5.74) is -0.213. The van der Waals surface area contributed by atoms with Gasteiger partial charge in [-0.3, -0.25) is 14.6 Å². The van der Waals surface area contributed by atoms with Crippen LogP contribution in [0.5, 0.6) is 0 Å². The molecule has 2 heterocycles. The van der Waals surface area contributed by atoms with Crippen molar-refractivity contribution in [3.63, 3.8) is 0 Å². The van der Waals surface area contributed by atoms with E-state index in [4.69, 9.17) is 9.26 Å². The number of carbonyl (C=O) groups is 1. The standard InChI is InChI=1S/C15H24N4O3/c1-15(2)11-18(8-9-21-15)19-10-13(22-17-19)16-14(20)12-6-4-3-5-7-12/h10,12H,3-9,11H2,1-2H3/p+1. The van der Waals surface area contributed by atoms with Crippen LogP contribution in [0.15, 0.2) is 10.7 Å². The Morgan fingerprint density at radius 1 is 1.41 bits per heavy atom. The second-order valence-corrected chi connectivity index (χ2v) is 6.81. The zero-order valence-corrected chi connectivity index (χ0v) is 13.4. The summed E-state index contributed by atoms with van der Waals surface area (Å²) in [4.78, 5) is 13.9. The number of hydrogen-bond acceptors (Lipinski definition) is 5. The van der Waals surface area contributed by atoms with E-state index in [2.05, 4.69) is 10.6 Å². The van der Waals surface area contributed by atoms with Crippen LogP contribution in [0.3, 0.4) is 0 Å². The highest BCUT2D eigenvalue weighted by molar-refractivity contribution is 5.91. The van der Waals surface area contributed by atoms with Gasteiger partial charge in [-0.2, -0.15) is 0 Å². The lowest BCUT2D eigenvalue weighted by atomic mass is 9.89. The molecule has 0 unspecified atom stereocenters. The fourth-order valence-corrected chi connectivity index (χ4v) is 3.18. The van der Waals surface area contributed by atoms with Crippen molar-refractivity contribution in [2.45, 2.75) is 51.6 Å². The number of aromatic nitrogens is 2. The van der Waals surface area contributed by atoms with Gasteiger partial charge in [0, 0.05) is 5.92 Å². The van der Waals surface area contributed by atoms with E-state index >= 15 is 0 Å². The Morgan fingerprint density at radius 3 is 2.91 bits per heavy atom. The maximum atomic E-state index is 12.2. The third-order valence-corrected chi connectivity index (χ3v) is 4.37. The van der Waals surface area contributed by atoms with Crippen LogP contribution in [0.25, 0.3) is 0 Å². The second-order valence-electron chi connectivity index (χ2n) is 6.81. The number of ether oxygens (including phenoxy) is 1. The number of nitrogens with one attached hydrogen (secondary N) is 1. The molecular formula is C15H25N4O3+. The van der Waals surface area contributed by atoms with Crippen molar-refractivity contribution in [3.05, 3.63) is 6.20 Å². The summed E-state index contributed by atoms with van der Waals surface area (Å²) >= 11 is 0. The highest BCUT2D eigenvalue weighted by Crippen LogP contribution is 2.24. The van der Waals surface area contributed by atoms with E-state index < -0.39 is 0 Å². The molecule has 0 bridgehead atoms. The van der Waals surface area contributed by atoms with Gasteiger partial charge in [0.05, 0.1) is 23.5 Å². The quantitative estimate of drug-likeness (QED) is 0.850. The molecule has 1 aromatic heterocycles. The van der Waals surface area contributed by atoms with Crippen molar-refractivity contribution < 1.29 is 18.8 Å². The third kappa shape index (κ3) is 3.58. The van der Waals surface area contributed by atoms with Crippen LogP contribution in [0, 0.1) is 5.92 Å². The molecule has 1 aliphatic carbocycles. The van der Waals surface area contributed by atoms with Gasteiger partial charge in [0.25, 0.3) is 6.20 Å². The molecule has 1 N–H and O–H groups in total. The average molecular weight is 309 g/mol. The molecule has 0 aromatic carbocycles. The smallest absolute Gasteiger partial charge is 0.305 e. The van der Waals surface area contributed by atoms with Gasteiger partial charge in [-0.1, -0.05) is 19.3 Å². The molecule has 7 heteroatoms. The minimum atomic E-state index is -0.213. The van der Waals surface area contributed by atoms with Crippen LogP contribution in [-0.4, -0.2) is 36.5 Å². The highest BCUT2D eigenvalue weighted by Gasteiger charge is 2.34. The largest absolute Gasteiger partial charge is 0.371 e. The molecular weight excluding hydrogens is 284 g/mol. The third-order valence-electron chi connectivity index (χ3n) is 4.37. The van der Waals surface area contributed by atoms with E-state index in [1.54, 1.807) is 11.0 Å². The number of amides is 1. The predicted octanol–water partition coefficient (Wildman–Crippen LogP) is 1.23. The molecule has 1 saturated heterocycles. The van der Waals surface area contributed by atoms with E-state index in [9.17, 15) is 4.79 Å². The first kappa shape index (κ1) is 15.3. The van der Waals surface area contributed by atoms with Gasteiger partial charge >= 0.3 is 5.88 Å². The van der Waals surface area contributed by atoms with Crippen molar-refractivity contribution in [3.8, 4) is 0 Å². The summed E-state index contributed by atoms with van der Waals surface area (Å²) < 4.78 is 10.9. The van der Waals surface area contributed by atoms with Crippen LogP contribution in [0.4, 0.5) is 5.88 Å². The van der Waals surface area contributed by atoms with Gasteiger partial charge < -0.3 is 4.74 Å². The van der Waals surface area contributed by atoms with Gasteiger partial charge in [-0.05, 0) is 26.7 Å². The molecule has 1 saturated carbocycles. The minimum absolute atomic E-state index is 0.0466. The van der Waals surface area contributed by atoms with Gasteiger partial charge in [0.2, 0.25) is 11.2 Å². The Labute approximate surface area is 130 Å². The van der Waals surface area contributed by atoms with Gasteiger partial charge in [0.1, 0.15) is 6.54 Å². The molecule has 0 spiro atoms. The fourth-order valence-electron chi connectivity index (χ4n) is 3.18. The molecule has 0 atom stereocenters. The van der Waals surface area contributed by atoms with Gasteiger partial charge in [0.15, 0.2) is 0 Å². The molecule has 1 aromatic rings. The number of rotatable bonds is 3. The van der Waals surface area contributed by atoms with Gasteiger partial charge in [-0.25, -0.2) is 0 Å². The first-order valence-electron chi connectivity index (χ1n) is 8.12. The number of carbonyl (C=O) groups excluding carboxylic acids is 1. The van der Waals surface area contributed by atoms with Crippen molar-refractivity contribution in [2.75, 3.05) is 30.0 Å². The molecule has 3 rings (SSSR count). The Bertz CT molecular complexity index is 523. The summed E-state index contributed by atoms with van der Waals surface area (Å²) in [6.45, 7) is 6.21. The normalized spacial score (nSPS) is 22.5. The monoisotopic (exact) mass is 309 g/mol. The predicted molar refractivity (Wildman–Crippen MR) is 79.9 cm³/mol. The van der Waals surface area contributed by atoms with E-state index in [1.165, 1.54) is 6.42 Å². The summed E-state index contributed by atoms with van der Waals surface area (Å²) in [5, 5.41) is 8.89. The van der Waals surface area contributed by atoms with Crippen LogP contribution >= 0.6 is 0 Å². The van der Waals surface area contributed by atoms with E-state index in [-0.39, 0.29) is 17.4 Å². The van der Waals surface area contributed by atoms with E-state index in [1.807, 2.05) is 18.9 Å². The average Bonchev–Trinajstić information content (AvgIpc) is 2.96. The number of nitrogens with zero attached hydrogens (tertiary/aromatic N) is 3. The van der Waals surface area contributed by atoms with E-state index in [0.717, 1.165) is 38.8 Å². The molecule has 0 radical (unpaired) electrons. The summed E-state index contributed by atoms with van der Waals surface area (Å²) in [7, 11) is 0. The molecule has 122 valence electrons. The summed E-state index contributed by atoms with van der Waals surface area (Å²) in [6, 6.07) is 0. The zero-order chi connectivity index (χ0) is 15.6. The van der Waals surface area contributed by atoms with Crippen molar-refractivity contribution in [1.29, 1.82) is 0 Å². The summed E-state index contributed by atoms with van der Waals surface area (Å²) in [6.07, 6.45) is 7.17. The lowest BCUT2D eigenvalue weighted by molar-refractivity contribution is -0.761. The Hall–Kier alpha value is -1.63. The van der Waals surface area contributed by atoms with Crippen molar-refractivity contribution >= 4 is 11.8 Å². The van der Waals surface area contributed by atoms with Crippen LogP contribution in [0.1, 0.15) is 46.0 Å². The fraction of sp³-hybridized carbons (Fsp3) is 0.800. The Balaban J connectivity index is 1.60. The first-order valence-corrected chi connectivity index (χ1v) is 8.12. The maximum Gasteiger partial charge on any atom is 0.305 e. The van der Waals surface area contributed by atoms with Crippen molar-refractivity contribution in [2.24, 2.45) is 5.92 Å². The highest BCUT2D eigenvalue weighted by atomic mass is 16.5. The SMILES string of the molecule is CC1(C)CN([n+]2cc(NC(=O)C3CCCCC3)on2)CCO1. The number of morpholine rings is 1. The molecule has 7 nitrogen and oxygen atoms in total. The molecule has 1 amide bonds. The Morgan fingerprint density at radius 2 is 2.18 bits per heavy atom. The summed E-state index contributed by atoms with van der Waals surface area (Å²) in [5.74, 6) is 0.555. The van der Waals surface area contributed by atoms with Crippen LogP contribution < -0.4 is 15.1 Å². The Kier molecular flexibility index (Phi) is 4.33. The van der Waals surface area contributed by atoms with Crippen molar-refractivity contribution in [1.82, 2.24) is 5.27 Å². The molecule has 22 heavy (non-hydrogen) atoms. The topological polar surface area (TPSA) is 71.5 Å². The lowest BCUT2D eigenvalue weighted by Crippen LogP contribution is -2.66. The van der Waals surface area contributed by atoms with Crippen LogP contribution in [-0.2, 0) is 9.53 Å². The zero-order valence-electron chi connectivity index (χ0n) is 13.4. The van der Waals surface area contributed by atoms with E-state index in [0.29, 0.717) is 12.5 Å². The van der Waals surface area contributed by atoms with Crippen LogP contribution in [0.2, 0.25) is 0 Å². The first-order chi connectivity index (χ1) is 10.5.